The van der Waals surface area contributed by atoms with E-state index in [1.165, 1.54) is 0 Å². The van der Waals surface area contributed by atoms with E-state index in [-0.39, 0.29) is 11.3 Å². The largest absolute Gasteiger partial charge is 0.300 e. The standard InChI is InChI=1S/C27H21N3O2/c1-19(31)9-10-21-5-4-6-23(17-21)30-26(16-15-20-11-13-22(18-28)14-12-20)29-25-8-3-2-7-24(25)27(30)32/h2-8,11-17H,9-10H2,1H3/b16-15+. The molecule has 0 bridgehead atoms. The van der Waals surface area contributed by atoms with Crippen molar-refractivity contribution in [1.29, 1.82) is 5.26 Å². The summed E-state index contributed by atoms with van der Waals surface area (Å²) in [6.45, 7) is 1.58. The van der Waals surface area contributed by atoms with Gasteiger partial charge in [-0.15, -0.1) is 0 Å². The van der Waals surface area contributed by atoms with Gasteiger partial charge in [-0.05, 0) is 66.9 Å². The minimum atomic E-state index is -0.154. The molecule has 5 heteroatoms. The molecule has 4 rings (SSSR count). The molecule has 0 N–H and O–H groups in total. The molecule has 0 saturated heterocycles. The lowest BCUT2D eigenvalue weighted by Gasteiger charge is -2.13. The minimum Gasteiger partial charge on any atom is -0.300 e. The fraction of sp³-hybridized carbons (Fsp3) is 0.111. The SMILES string of the molecule is CC(=O)CCc1cccc(-n2c(/C=C/c3ccc(C#N)cc3)nc3ccccc3c2=O)c1. The maximum atomic E-state index is 13.4. The number of ketones is 1. The number of hydrogen-bond acceptors (Lipinski definition) is 4. The van der Waals surface area contributed by atoms with Crippen LogP contribution in [0.5, 0.6) is 0 Å². The molecule has 0 aliphatic heterocycles. The number of nitriles is 1. The minimum absolute atomic E-state index is 0.131. The Morgan fingerprint density at radius 2 is 1.81 bits per heavy atom. The van der Waals surface area contributed by atoms with E-state index in [9.17, 15) is 9.59 Å². The van der Waals surface area contributed by atoms with Crippen molar-refractivity contribution in [2.45, 2.75) is 19.8 Å². The smallest absolute Gasteiger partial charge is 0.266 e. The number of benzene rings is 3. The quantitative estimate of drug-likeness (QED) is 0.443. The van der Waals surface area contributed by atoms with Gasteiger partial charge >= 0.3 is 0 Å². The molecule has 0 saturated carbocycles. The van der Waals surface area contributed by atoms with Crippen molar-refractivity contribution in [3.8, 4) is 11.8 Å². The highest BCUT2D eigenvalue weighted by Crippen LogP contribution is 2.17. The first-order chi connectivity index (χ1) is 15.5. The predicted octanol–water partition coefficient (Wildman–Crippen LogP) is 4.95. The molecule has 1 aromatic heterocycles. The van der Waals surface area contributed by atoms with Crippen molar-refractivity contribution in [2.75, 3.05) is 0 Å². The van der Waals surface area contributed by atoms with Crippen LogP contribution in [0.1, 0.15) is 35.9 Å². The molecule has 3 aromatic carbocycles. The van der Waals surface area contributed by atoms with Crippen LogP contribution in [-0.4, -0.2) is 15.3 Å². The van der Waals surface area contributed by atoms with Crippen LogP contribution >= 0.6 is 0 Å². The number of para-hydroxylation sites is 1. The van der Waals surface area contributed by atoms with Crippen LogP contribution in [0, 0.1) is 11.3 Å². The third-order valence-electron chi connectivity index (χ3n) is 5.20. The number of fused-ring (bicyclic) bond motifs is 1. The highest BCUT2D eigenvalue weighted by atomic mass is 16.1. The number of rotatable bonds is 6. The molecule has 5 nitrogen and oxygen atoms in total. The number of carbonyl (C=O) groups is 1. The van der Waals surface area contributed by atoms with Crippen LogP contribution in [0.2, 0.25) is 0 Å². The zero-order chi connectivity index (χ0) is 22.5. The molecule has 156 valence electrons. The van der Waals surface area contributed by atoms with Gasteiger partial charge in [-0.2, -0.15) is 5.26 Å². The number of hydrogen-bond donors (Lipinski definition) is 0. The van der Waals surface area contributed by atoms with E-state index in [4.69, 9.17) is 10.2 Å². The van der Waals surface area contributed by atoms with Gasteiger partial charge in [-0.25, -0.2) is 4.98 Å². The van der Waals surface area contributed by atoms with Gasteiger partial charge in [-0.3, -0.25) is 9.36 Å². The van der Waals surface area contributed by atoms with Crippen molar-refractivity contribution in [3.63, 3.8) is 0 Å². The van der Waals surface area contributed by atoms with Crippen LogP contribution in [0.3, 0.4) is 0 Å². The Labute approximate surface area is 185 Å². The Morgan fingerprint density at radius 3 is 2.56 bits per heavy atom. The summed E-state index contributed by atoms with van der Waals surface area (Å²) in [5, 5.41) is 9.53. The van der Waals surface area contributed by atoms with Crippen LogP contribution in [-0.2, 0) is 11.2 Å². The van der Waals surface area contributed by atoms with Crippen molar-refractivity contribution in [2.24, 2.45) is 0 Å². The van der Waals surface area contributed by atoms with Gasteiger partial charge in [-0.1, -0.05) is 42.5 Å². The van der Waals surface area contributed by atoms with Crippen molar-refractivity contribution in [3.05, 3.63) is 106 Å². The van der Waals surface area contributed by atoms with E-state index in [2.05, 4.69) is 6.07 Å². The summed E-state index contributed by atoms with van der Waals surface area (Å²) >= 11 is 0. The Balaban J connectivity index is 1.83. The van der Waals surface area contributed by atoms with Crippen LogP contribution in [0.4, 0.5) is 0 Å². The fourth-order valence-corrected chi connectivity index (χ4v) is 3.52. The summed E-state index contributed by atoms with van der Waals surface area (Å²) in [7, 11) is 0. The topological polar surface area (TPSA) is 75.8 Å². The molecule has 0 unspecified atom stereocenters. The first-order valence-electron chi connectivity index (χ1n) is 10.3. The summed E-state index contributed by atoms with van der Waals surface area (Å²) in [4.78, 5) is 29.6. The molecule has 0 fully saturated rings. The average molecular weight is 419 g/mol. The highest BCUT2D eigenvalue weighted by molar-refractivity contribution is 5.80. The lowest BCUT2D eigenvalue weighted by Crippen LogP contribution is -2.22. The maximum absolute atomic E-state index is 13.4. The molecule has 0 spiro atoms. The second-order valence-corrected chi connectivity index (χ2v) is 7.57. The van der Waals surface area contributed by atoms with E-state index >= 15 is 0 Å². The molecule has 0 atom stereocenters. The molecule has 0 amide bonds. The first kappa shape index (κ1) is 21.0. The van der Waals surface area contributed by atoms with Crippen molar-refractivity contribution in [1.82, 2.24) is 9.55 Å². The Hall–Kier alpha value is -4.30. The van der Waals surface area contributed by atoms with Crippen molar-refractivity contribution >= 4 is 28.8 Å². The van der Waals surface area contributed by atoms with Crippen LogP contribution in [0.15, 0.2) is 77.6 Å². The number of aromatic nitrogens is 2. The fourth-order valence-electron chi connectivity index (χ4n) is 3.52. The predicted molar refractivity (Wildman–Crippen MR) is 126 cm³/mol. The maximum Gasteiger partial charge on any atom is 0.266 e. The van der Waals surface area contributed by atoms with Gasteiger partial charge < -0.3 is 4.79 Å². The zero-order valence-corrected chi connectivity index (χ0v) is 17.7. The second kappa shape index (κ2) is 9.23. The number of aryl methyl sites for hydroxylation is 1. The van der Waals surface area contributed by atoms with E-state index < -0.39 is 0 Å². The molecular weight excluding hydrogens is 398 g/mol. The molecule has 32 heavy (non-hydrogen) atoms. The Bertz CT molecular complexity index is 1420. The number of nitrogens with zero attached hydrogens (tertiary/aromatic N) is 3. The van der Waals surface area contributed by atoms with E-state index in [0.29, 0.717) is 40.8 Å². The monoisotopic (exact) mass is 419 g/mol. The molecule has 4 aromatic rings. The summed E-state index contributed by atoms with van der Waals surface area (Å²) in [6.07, 6.45) is 4.75. The van der Waals surface area contributed by atoms with Gasteiger partial charge in [0.25, 0.3) is 5.56 Å². The van der Waals surface area contributed by atoms with Gasteiger partial charge in [0.2, 0.25) is 0 Å². The van der Waals surface area contributed by atoms with Gasteiger partial charge in [0, 0.05) is 6.42 Å². The highest BCUT2D eigenvalue weighted by Gasteiger charge is 2.11. The second-order valence-electron chi connectivity index (χ2n) is 7.57. The third kappa shape index (κ3) is 4.55. The first-order valence-corrected chi connectivity index (χ1v) is 10.3. The van der Waals surface area contributed by atoms with Gasteiger partial charge in [0.1, 0.15) is 11.6 Å². The average Bonchev–Trinajstić information content (AvgIpc) is 2.82. The van der Waals surface area contributed by atoms with Gasteiger partial charge in [0.05, 0.1) is 28.2 Å². The lowest BCUT2D eigenvalue weighted by atomic mass is 10.1. The normalized spacial score (nSPS) is 11.0. The Kier molecular flexibility index (Phi) is 6.05. The molecule has 0 radical (unpaired) electrons. The lowest BCUT2D eigenvalue weighted by molar-refractivity contribution is -0.116. The molecule has 0 aliphatic rings. The summed E-state index contributed by atoms with van der Waals surface area (Å²) < 4.78 is 1.60. The molecular formula is C27H21N3O2. The van der Waals surface area contributed by atoms with E-state index in [1.807, 2.05) is 60.7 Å². The zero-order valence-electron chi connectivity index (χ0n) is 17.7. The summed E-state index contributed by atoms with van der Waals surface area (Å²) in [5.41, 5.74) is 3.65. The van der Waals surface area contributed by atoms with Crippen LogP contribution in [0.25, 0.3) is 28.7 Å². The number of Topliss-reactive ketones (excluding diaryl/α,β-unsaturated/α-hetero) is 1. The van der Waals surface area contributed by atoms with E-state index in [1.54, 1.807) is 35.8 Å². The van der Waals surface area contributed by atoms with Crippen molar-refractivity contribution < 1.29 is 4.79 Å². The van der Waals surface area contributed by atoms with Crippen LogP contribution < -0.4 is 5.56 Å². The van der Waals surface area contributed by atoms with Gasteiger partial charge in [0.15, 0.2) is 0 Å². The Morgan fingerprint density at radius 1 is 1.03 bits per heavy atom. The summed E-state index contributed by atoms with van der Waals surface area (Å²) in [6, 6.07) is 24.2. The molecule has 1 heterocycles. The number of carbonyl (C=O) groups excluding carboxylic acids is 1. The summed E-state index contributed by atoms with van der Waals surface area (Å²) in [5.74, 6) is 0.632. The third-order valence-corrected chi connectivity index (χ3v) is 5.20. The molecule has 0 aliphatic carbocycles. The van der Waals surface area contributed by atoms with E-state index in [0.717, 1.165) is 11.1 Å².